The summed E-state index contributed by atoms with van der Waals surface area (Å²) in [6.45, 7) is 4.47. The van der Waals surface area contributed by atoms with Gasteiger partial charge in [-0.1, -0.05) is 19.3 Å². The first-order chi connectivity index (χ1) is 14.9. The smallest absolute Gasteiger partial charge is 0.323 e. The van der Waals surface area contributed by atoms with E-state index in [-0.39, 0.29) is 36.4 Å². The van der Waals surface area contributed by atoms with E-state index in [0.717, 1.165) is 25.7 Å². The van der Waals surface area contributed by atoms with Crippen LogP contribution in [0.1, 0.15) is 69.2 Å². The third-order valence-electron chi connectivity index (χ3n) is 4.64. The Morgan fingerprint density at radius 3 is 2.23 bits per heavy atom. The molecule has 0 saturated carbocycles. The Morgan fingerprint density at radius 2 is 1.61 bits per heavy atom. The van der Waals surface area contributed by atoms with E-state index >= 15 is 0 Å². The molecular formula is C22H32N2O7. The van der Waals surface area contributed by atoms with Gasteiger partial charge in [-0.05, 0) is 38.8 Å². The zero-order valence-electron chi connectivity index (χ0n) is 18.3. The van der Waals surface area contributed by atoms with Gasteiger partial charge in [0.1, 0.15) is 6.04 Å². The third-order valence-corrected chi connectivity index (χ3v) is 4.64. The van der Waals surface area contributed by atoms with Crippen LogP contribution in [-0.4, -0.2) is 48.4 Å². The summed E-state index contributed by atoms with van der Waals surface area (Å²) in [4.78, 5) is 45.9. The predicted molar refractivity (Wildman–Crippen MR) is 115 cm³/mol. The second-order valence-corrected chi connectivity index (χ2v) is 6.99. The molecule has 0 amide bonds. The fourth-order valence-corrected chi connectivity index (χ4v) is 3.02. The summed E-state index contributed by atoms with van der Waals surface area (Å²) in [5, 5.41) is 13.8. The molecule has 1 unspecified atom stereocenters. The number of hydrogen-bond acceptors (Lipinski definition) is 8. The lowest BCUT2D eigenvalue weighted by molar-refractivity contribution is -0.384. The lowest BCUT2D eigenvalue weighted by atomic mass is 10.0. The zero-order valence-corrected chi connectivity index (χ0v) is 18.3. The van der Waals surface area contributed by atoms with Gasteiger partial charge in [0, 0.05) is 37.1 Å². The van der Waals surface area contributed by atoms with E-state index in [2.05, 4.69) is 5.32 Å². The number of nitrogens with zero attached hydrogens (tertiary/aromatic N) is 1. The number of Topliss-reactive ketones (excluding diaryl/α,β-unsaturated/α-hetero) is 1. The molecule has 0 aromatic heterocycles. The standard InChI is InChI=1S/C22H32N2O7/c1-3-30-21(26)10-8-6-5-7-9-19(22(27)31-4-2)23-16-15-20(25)17-11-13-18(14-12-17)24(28)29/h11-14,19,23H,3-10,15-16H2,1-2H3. The molecule has 0 bridgehead atoms. The molecule has 0 radical (unpaired) electrons. The normalized spacial score (nSPS) is 11.5. The molecule has 9 nitrogen and oxygen atoms in total. The van der Waals surface area contributed by atoms with Crippen molar-refractivity contribution in [1.82, 2.24) is 5.32 Å². The number of esters is 2. The third kappa shape index (κ3) is 10.7. The number of rotatable bonds is 16. The number of unbranched alkanes of at least 4 members (excludes halogenated alkanes) is 3. The largest absolute Gasteiger partial charge is 0.466 e. The molecule has 0 heterocycles. The highest BCUT2D eigenvalue weighted by molar-refractivity contribution is 5.96. The van der Waals surface area contributed by atoms with Crippen molar-refractivity contribution in [2.24, 2.45) is 0 Å². The van der Waals surface area contributed by atoms with Crippen LogP contribution in [0, 0.1) is 10.1 Å². The molecule has 0 saturated heterocycles. The summed E-state index contributed by atoms with van der Waals surface area (Å²) in [7, 11) is 0. The Hall–Kier alpha value is -2.81. The van der Waals surface area contributed by atoms with Crippen LogP contribution < -0.4 is 5.32 Å². The molecule has 0 aliphatic heterocycles. The van der Waals surface area contributed by atoms with Crippen LogP contribution in [0.2, 0.25) is 0 Å². The van der Waals surface area contributed by atoms with Gasteiger partial charge in [0.2, 0.25) is 0 Å². The number of nitro groups is 1. The molecule has 0 aliphatic carbocycles. The molecule has 0 aliphatic rings. The SMILES string of the molecule is CCOC(=O)CCCCCCC(NCCC(=O)c1ccc([N+](=O)[O-])cc1)C(=O)OCC. The van der Waals surface area contributed by atoms with E-state index in [1.807, 2.05) is 0 Å². The highest BCUT2D eigenvalue weighted by atomic mass is 16.6. The number of hydrogen-bond donors (Lipinski definition) is 1. The van der Waals surface area contributed by atoms with Gasteiger partial charge in [-0.3, -0.25) is 24.5 Å². The van der Waals surface area contributed by atoms with Gasteiger partial charge >= 0.3 is 11.9 Å². The summed E-state index contributed by atoms with van der Waals surface area (Å²) in [5.41, 5.74) is 0.320. The lowest BCUT2D eigenvalue weighted by Crippen LogP contribution is -2.39. The van der Waals surface area contributed by atoms with Gasteiger partial charge in [-0.15, -0.1) is 0 Å². The van der Waals surface area contributed by atoms with Gasteiger partial charge in [-0.25, -0.2) is 0 Å². The molecule has 1 aromatic rings. The molecule has 1 N–H and O–H groups in total. The molecular weight excluding hydrogens is 404 g/mol. The van der Waals surface area contributed by atoms with Crippen molar-refractivity contribution in [2.45, 2.75) is 64.8 Å². The summed E-state index contributed by atoms with van der Waals surface area (Å²) < 4.78 is 10.00. The zero-order chi connectivity index (χ0) is 23.1. The van der Waals surface area contributed by atoms with Crippen LogP contribution in [-0.2, 0) is 19.1 Å². The molecule has 9 heteroatoms. The number of ether oxygens (including phenoxy) is 2. The Kier molecular flexibility index (Phi) is 12.7. The van der Waals surface area contributed by atoms with Crippen molar-refractivity contribution in [3.63, 3.8) is 0 Å². The quantitative estimate of drug-likeness (QED) is 0.137. The number of carbonyl (C=O) groups excluding carboxylic acids is 3. The van der Waals surface area contributed by atoms with Gasteiger partial charge in [0.25, 0.3) is 5.69 Å². The molecule has 1 atom stereocenters. The molecule has 1 rings (SSSR count). The molecule has 0 spiro atoms. The monoisotopic (exact) mass is 436 g/mol. The van der Waals surface area contributed by atoms with Gasteiger partial charge < -0.3 is 14.8 Å². The van der Waals surface area contributed by atoms with E-state index in [4.69, 9.17) is 9.47 Å². The Bertz CT molecular complexity index is 719. The minimum atomic E-state index is -0.517. The summed E-state index contributed by atoms with van der Waals surface area (Å²) in [6, 6.07) is 4.95. The van der Waals surface area contributed by atoms with Gasteiger partial charge in [0.05, 0.1) is 18.1 Å². The topological polar surface area (TPSA) is 125 Å². The van der Waals surface area contributed by atoms with Crippen LogP contribution in [0.15, 0.2) is 24.3 Å². The molecule has 172 valence electrons. The van der Waals surface area contributed by atoms with E-state index in [9.17, 15) is 24.5 Å². The van der Waals surface area contributed by atoms with Crippen molar-refractivity contribution in [1.29, 1.82) is 0 Å². The summed E-state index contributed by atoms with van der Waals surface area (Å²) >= 11 is 0. The number of nitrogens with one attached hydrogen (secondary N) is 1. The van der Waals surface area contributed by atoms with Crippen LogP contribution >= 0.6 is 0 Å². The fourth-order valence-electron chi connectivity index (χ4n) is 3.02. The van der Waals surface area contributed by atoms with Crippen molar-refractivity contribution < 1.29 is 28.8 Å². The van der Waals surface area contributed by atoms with Crippen LogP contribution in [0.25, 0.3) is 0 Å². The first kappa shape index (κ1) is 26.2. The highest BCUT2D eigenvalue weighted by Crippen LogP contribution is 2.13. The molecule has 1 aromatic carbocycles. The van der Waals surface area contributed by atoms with Crippen molar-refractivity contribution in [3.8, 4) is 0 Å². The van der Waals surface area contributed by atoms with E-state index in [1.165, 1.54) is 24.3 Å². The first-order valence-corrected chi connectivity index (χ1v) is 10.7. The second-order valence-electron chi connectivity index (χ2n) is 6.99. The molecule has 0 fully saturated rings. The van der Waals surface area contributed by atoms with Crippen LogP contribution in [0.5, 0.6) is 0 Å². The maximum atomic E-state index is 12.3. The van der Waals surface area contributed by atoms with Crippen molar-refractivity contribution in [3.05, 3.63) is 39.9 Å². The Labute approximate surface area is 182 Å². The first-order valence-electron chi connectivity index (χ1n) is 10.7. The maximum absolute atomic E-state index is 12.3. The fraction of sp³-hybridized carbons (Fsp3) is 0.591. The van der Waals surface area contributed by atoms with Crippen LogP contribution in [0.4, 0.5) is 5.69 Å². The van der Waals surface area contributed by atoms with E-state index < -0.39 is 11.0 Å². The average molecular weight is 437 g/mol. The minimum absolute atomic E-state index is 0.0701. The Morgan fingerprint density at radius 1 is 0.968 bits per heavy atom. The molecule has 31 heavy (non-hydrogen) atoms. The predicted octanol–water partition coefficient (Wildman–Crippen LogP) is 3.59. The number of benzene rings is 1. The number of carbonyl (C=O) groups is 3. The van der Waals surface area contributed by atoms with E-state index in [0.29, 0.717) is 31.6 Å². The number of non-ortho nitro benzene ring substituents is 1. The van der Waals surface area contributed by atoms with Crippen molar-refractivity contribution >= 4 is 23.4 Å². The van der Waals surface area contributed by atoms with Crippen molar-refractivity contribution in [2.75, 3.05) is 19.8 Å². The highest BCUT2D eigenvalue weighted by Gasteiger charge is 2.19. The number of nitro benzene ring substituents is 1. The second kappa shape index (κ2) is 15.1. The maximum Gasteiger partial charge on any atom is 0.323 e. The lowest BCUT2D eigenvalue weighted by Gasteiger charge is -2.17. The average Bonchev–Trinajstić information content (AvgIpc) is 2.75. The summed E-state index contributed by atoms with van der Waals surface area (Å²) in [5.74, 6) is -0.702. The Balaban J connectivity index is 2.40. The minimum Gasteiger partial charge on any atom is -0.466 e. The van der Waals surface area contributed by atoms with Gasteiger partial charge in [0.15, 0.2) is 5.78 Å². The van der Waals surface area contributed by atoms with Crippen LogP contribution in [0.3, 0.4) is 0 Å². The number of ketones is 1. The van der Waals surface area contributed by atoms with Gasteiger partial charge in [-0.2, -0.15) is 0 Å². The summed E-state index contributed by atoms with van der Waals surface area (Å²) in [6.07, 6.45) is 4.41. The van der Waals surface area contributed by atoms with E-state index in [1.54, 1.807) is 13.8 Å².